The number of hydrogen-bond acceptors (Lipinski definition) is 3. The molecule has 0 unspecified atom stereocenters. The molecule has 18 heavy (non-hydrogen) atoms. The molecule has 0 bridgehead atoms. The van der Waals surface area contributed by atoms with Crippen molar-refractivity contribution in [2.45, 2.75) is 26.2 Å². The highest BCUT2D eigenvalue weighted by molar-refractivity contribution is 5.95. The summed E-state index contributed by atoms with van der Waals surface area (Å²) in [5, 5.41) is 11.8. The minimum absolute atomic E-state index is 0.215. The standard InChI is InChI=1S/C13H16N2O3/c1-8-5-9(7-14-6-8)15-12(16)10-3-2-4-11(10)13(17)18/h5-7,10-11H,2-4H2,1H3,(H,15,16)(H,17,18)/t10-,11+/m1/s1. The molecule has 0 spiro atoms. The van der Waals surface area contributed by atoms with Crippen molar-refractivity contribution < 1.29 is 14.7 Å². The van der Waals surface area contributed by atoms with Crippen LogP contribution in [0.25, 0.3) is 0 Å². The Labute approximate surface area is 105 Å². The molecule has 1 aliphatic carbocycles. The molecule has 1 heterocycles. The molecule has 96 valence electrons. The van der Waals surface area contributed by atoms with Gasteiger partial charge < -0.3 is 10.4 Å². The SMILES string of the molecule is Cc1cncc(NC(=O)[C@@H]2CCC[C@@H]2C(=O)O)c1. The second-order valence-corrected chi connectivity index (χ2v) is 4.72. The van der Waals surface area contributed by atoms with E-state index in [0.29, 0.717) is 18.5 Å². The summed E-state index contributed by atoms with van der Waals surface area (Å²) in [4.78, 5) is 27.1. The van der Waals surface area contributed by atoms with Gasteiger partial charge in [0.25, 0.3) is 0 Å². The third kappa shape index (κ3) is 2.67. The van der Waals surface area contributed by atoms with Gasteiger partial charge in [0.15, 0.2) is 0 Å². The molecule has 1 amide bonds. The van der Waals surface area contributed by atoms with Gasteiger partial charge in [-0.25, -0.2) is 0 Å². The predicted molar refractivity (Wildman–Crippen MR) is 66.1 cm³/mol. The monoisotopic (exact) mass is 248 g/mol. The first-order valence-corrected chi connectivity index (χ1v) is 6.03. The Morgan fingerprint density at radius 1 is 1.33 bits per heavy atom. The van der Waals surface area contributed by atoms with E-state index < -0.39 is 17.8 Å². The van der Waals surface area contributed by atoms with Crippen LogP contribution < -0.4 is 5.32 Å². The van der Waals surface area contributed by atoms with E-state index in [4.69, 9.17) is 5.11 Å². The van der Waals surface area contributed by atoms with Crippen molar-refractivity contribution in [3.8, 4) is 0 Å². The lowest BCUT2D eigenvalue weighted by atomic mass is 9.95. The van der Waals surface area contributed by atoms with Crippen LogP contribution in [0.2, 0.25) is 0 Å². The zero-order valence-corrected chi connectivity index (χ0v) is 10.2. The van der Waals surface area contributed by atoms with Crippen LogP contribution in [0, 0.1) is 18.8 Å². The Bertz CT molecular complexity index is 473. The van der Waals surface area contributed by atoms with E-state index >= 15 is 0 Å². The van der Waals surface area contributed by atoms with Gasteiger partial charge in [0, 0.05) is 6.20 Å². The van der Waals surface area contributed by atoms with Gasteiger partial charge in [0.2, 0.25) is 5.91 Å². The minimum atomic E-state index is -0.880. The lowest BCUT2D eigenvalue weighted by Gasteiger charge is -2.15. The molecule has 1 aliphatic rings. The average Bonchev–Trinajstić information content (AvgIpc) is 2.77. The molecule has 5 nitrogen and oxygen atoms in total. The number of nitrogens with one attached hydrogen (secondary N) is 1. The van der Waals surface area contributed by atoms with Gasteiger partial charge in [0.05, 0.1) is 23.7 Å². The number of amides is 1. The summed E-state index contributed by atoms with van der Waals surface area (Å²) < 4.78 is 0. The van der Waals surface area contributed by atoms with Crippen molar-refractivity contribution >= 4 is 17.6 Å². The molecule has 1 aromatic heterocycles. The first-order valence-electron chi connectivity index (χ1n) is 6.03. The zero-order chi connectivity index (χ0) is 13.1. The molecule has 2 N–H and O–H groups in total. The van der Waals surface area contributed by atoms with Crippen molar-refractivity contribution in [2.75, 3.05) is 5.32 Å². The van der Waals surface area contributed by atoms with Gasteiger partial charge in [-0.3, -0.25) is 14.6 Å². The van der Waals surface area contributed by atoms with E-state index in [1.54, 1.807) is 12.4 Å². The van der Waals surface area contributed by atoms with E-state index in [0.717, 1.165) is 12.0 Å². The zero-order valence-electron chi connectivity index (χ0n) is 10.2. The Balaban J connectivity index is 2.06. The molecule has 2 atom stereocenters. The number of aromatic nitrogens is 1. The topological polar surface area (TPSA) is 79.3 Å². The summed E-state index contributed by atoms with van der Waals surface area (Å²) in [5.41, 5.74) is 1.57. The van der Waals surface area contributed by atoms with E-state index in [1.807, 2.05) is 13.0 Å². The highest BCUT2D eigenvalue weighted by Gasteiger charge is 2.37. The van der Waals surface area contributed by atoms with E-state index in [1.165, 1.54) is 0 Å². The first-order chi connectivity index (χ1) is 8.58. The fourth-order valence-corrected chi connectivity index (χ4v) is 2.43. The Hall–Kier alpha value is -1.91. The first kappa shape index (κ1) is 12.5. The molecular formula is C13H16N2O3. The van der Waals surface area contributed by atoms with Gasteiger partial charge in [-0.15, -0.1) is 0 Å². The maximum atomic E-state index is 12.0. The fourth-order valence-electron chi connectivity index (χ4n) is 2.43. The number of aliphatic carboxylic acids is 1. The minimum Gasteiger partial charge on any atom is -0.481 e. The largest absolute Gasteiger partial charge is 0.481 e. The molecule has 1 saturated carbocycles. The van der Waals surface area contributed by atoms with Gasteiger partial charge >= 0.3 is 5.97 Å². The van der Waals surface area contributed by atoms with Gasteiger partial charge in [-0.1, -0.05) is 6.42 Å². The number of nitrogens with zero attached hydrogens (tertiary/aromatic N) is 1. The normalized spacial score (nSPS) is 22.7. The summed E-state index contributed by atoms with van der Waals surface area (Å²) in [6.07, 6.45) is 5.28. The van der Waals surface area contributed by atoms with Crippen LogP contribution in [0.15, 0.2) is 18.5 Å². The van der Waals surface area contributed by atoms with Crippen molar-refractivity contribution in [3.63, 3.8) is 0 Å². The second-order valence-electron chi connectivity index (χ2n) is 4.72. The summed E-state index contributed by atoms with van der Waals surface area (Å²) in [6.45, 7) is 1.89. The second kappa shape index (κ2) is 5.16. The Kier molecular flexibility index (Phi) is 3.60. The number of carboxylic acids is 1. The molecule has 0 aliphatic heterocycles. The lowest BCUT2D eigenvalue weighted by molar-refractivity contribution is -0.145. The molecule has 5 heteroatoms. The maximum absolute atomic E-state index is 12.0. The molecule has 2 rings (SSSR count). The number of carbonyl (C=O) groups is 2. The number of anilines is 1. The van der Waals surface area contributed by atoms with E-state index in [-0.39, 0.29) is 5.91 Å². The van der Waals surface area contributed by atoms with Crippen molar-refractivity contribution in [1.29, 1.82) is 0 Å². The predicted octanol–water partition coefficient (Wildman–Crippen LogP) is 1.83. The fraction of sp³-hybridized carbons (Fsp3) is 0.462. The number of hydrogen-bond donors (Lipinski definition) is 2. The molecule has 1 aromatic rings. The number of carbonyl (C=O) groups excluding carboxylic acids is 1. The third-order valence-corrected chi connectivity index (χ3v) is 3.31. The average molecular weight is 248 g/mol. The molecule has 1 fully saturated rings. The Morgan fingerprint density at radius 3 is 2.72 bits per heavy atom. The van der Waals surface area contributed by atoms with Crippen LogP contribution >= 0.6 is 0 Å². The Morgan fingerprint density at radius 2 is 2.06 bits per heavy atom. The van der Waals surface area contributed by atoms with E-state index in [9.17, 15) is 9.59 Å². The van der Waals surface area contributed by atoms with Crippen molar-refractivity contribution in [3.05, 3.63) is 24.0 Å². The third-order valence-electron chi connectivity index (χ3n) is 3.31. The summed E-state index contributed by atoms with van der Waals surface area (Å²) in [7, 11) is 0. The van der Waals surface area contributed by atoms with Crippen LogP contribution in [-0.4, -0.2) is 22.0 Å². The number of carboxylic acid groups (broad SMARTS) is 1. The van der Waals surface area contributed by atoms with Crippen LogP contribution in [0.1, 0.15) is 24.8 Å². The van der Waals surface area contributed by atoms with Crippen LogP contribution in [0.5, 0.6) is 0 Å². The molecule has 0 saturated heterocycles. The summed E-state index contributed by atoms with van der Waals surface area (Å²) in [5.74, 6) is -2.08. The quantitative estimate of drug-likeness (QED) is 0.855. The summed E-state index contributed by atoms with van der Waals surface area (Å²) >= 11 is 0. The van der Waals surface area contributed by atoms with Crippen molar-refractivity contribution in [2.24, 2.45) is 11.8 Å². The van der Waals surface area contributed by atoms with Crippen molar-refractivity contribution in [1.82, 2.24) is 4.98 Å². The molecular weight excluding hydrogens is 232 g/mol. The van der Waals surface area contributed by atoms with Gasteiger partial charge in [0.1, 0.15) is 0 Å². The van der Waals surface area contributed by atoms with Gasteiger partial charge in [-0.05, 0) is 31.4 Å². The smallest absolute Gasteiger partial charge is 0.307 e. The van der Waals surface area contributed by atoms with Crippen LogP contribution in [-0.2, 0) is 9.59 Å². The highest BCUT2D eigenvalue weighted by Crippen LogP contribution is 2.32. The highest BCUT2D eigenvalue weighted by atomic mass is 16.4. The van der Waals surface area contributed by atoms with Gasteiger partial charge in [-0.2, -0.15) is 0 Å². The number of rotatable bonds is 3. The van der Waals surface area contributed by atoms with Crippen LogP contribution in [0.4, 0.5) is 5.69 Å². The summed E-state index contributed by atoms with van der Waals surface area (Å²) in [6, 6.07) is 1.82. The van der Waals surface area contributed by atoms with Crippen LogP contribution in [0.3, 0.4) is 0 Å². The molecule has 0 radical (unpaired) electrons. The maximum Gasteiger partial charge on any atom is 0.307 e. The number of pyridine rings is 1. The molecule has 0 aromatic carbocycles. The lowest BCUT2D eigenvalue weighted by Crippen LogP contribution is -2.30. The number of aryl methyl sites for hydroxylation is 1. The van der Waals surface area contributed by atoms with E-state index in [2.05, 4.69) is 10.3 Å².